The molecule has 375 valence electrons. The first kappa shape index (κ1) is 72.7. The Morgan fingerprint density at radius 1 is 0.562 bits per heavy atom. The zero-order chi connectivity index (χ0) is 45.2. The molecular weight excluding hydrogens is 1030 g/mol. The maximum Gasteiger partial charge on any atom is 3.00 e. The molecule has 25 heteroatoms. The summed E-state index contributed by atoms with van der Waals surface area (Å²) in [5, 5.41) is 66.8. The van der Waals surface area contributed by atoms with Crippen molar-refractivity contribution in [1.29, 1.82) is 0 Å². The predicted octanol–water partition coefficient (Wildman–Crippen LogP) is -5.39. The summed E-state index contributed by atoms with van der Waals surface area (Å²) < 4.78 is 0. The molecule has 0 aromatic rings. The van der Waals surface area contributed by atoms with E-state index < -0.39 is 90.6 Å². The van der Waals surface area contributed by atoms with E-state index in [9.17, 15) is 68.7 Å². The van der Waals surface area contributed by atoms with E-state index in [1.165, 1.54) is 31.4 Å². The average Bonchev–Trinajstić information content (AvgIpc) is 3.12. The summed E-state index contributed by atoms with van der Waals surface area (Å²) in [6, 6.07) is 0. The Hall–Kier alpha value is -2.91. The molecule has 0 bridgehead atoms. The third-order valence-electron chi connectivity index (χ3n) is 8.53. The molecule has 0 aliphatic heterocycles. The van der Waals surface area contributed by atoms with Gasteiger partial charge in [-0.15, -0.1) is 0 Å². The zero-order valence-electron chi connectivity index (χ0n) is 34.6. The van der Waals surface area contributed by atoms with Crippen LogP contribution in [0.15, 0.2) is 0 Å². The van der Waals surface area contributed by atoms with Gasteiger partial charge in [-0.25, -0.2) is 0 Å². The molecule has 0 heterocycles. The second-order valence-electron chi connectivity index (χ2n) is 14.5. The number of aliphatic hydroxyl groups is 1. The molecule has 0 saturated carbocycles. The molecule has 0 aliphatic carbocycles. The topological polar surface area (TPSA) is 336 Å². The second kappa shape index (κ2) is 39.3. The monoisotopic (exact) mass is 1100 g/mol. The van der Waals surface area contributed by atoms with Crippen LogP contribution in [0.5, 0.6) is 0 Å². The Morgan fingerprint density at radius 2 is 0.938 bits per heavy atom. The van der Waals surface area contributed by atoms with Crippen LogP contribution < -0.4 is 47.0 Å². The molecule has 5 amide bonds. The van der Waals surface area contributed by atoms with Crippen LogP contribution in [0.4, 0.5) is 0 Å². The number of hydrogen-bond donors (Lipinski definition) is 6. The summed E-state index contributed by atoms with van der Waals surface area (Å²) in [5.41, 5.74) is -1.90. The summed E-state index contributed by atoms with van der Waals surface area (Å²) >= 11 is 0. The summed E-state index contributed by atoms with van der Waals surface area (Å²) in [6.45, 7) is 4.59. The Balaban J connectivity index is -0.00000168. The third kappa shape index (κ3) is 36.3. The fourth-order valence-electron chi connectivity index (χ4n) is 5.41. The van der Waals surface area contributed by atoms with E-state index in [0.29, 0.717) is 17.9 Å². The number of hydrogen-bond acceptors (Lipinski definition) is 19. The molecule has 0 spiro atoms. The molecule has 0 aromatic heterocycles. The van der Waals surface area contributed by atoms with Crippen molar-refractivity contribution in [2.24, 2.45) is 10.8 Å². The van der Waals surface area contributed by atoms with E-state index >= 15 is 0 Å². The first-order valence-electron chi connectivity index (χ1n) is 18.7. The molecule has 64 heavy (non-hydrogen) atoms. The smallest absolute Gasteiger partial charge is 0.549 e. The first-order chi connectivity index (χ1) is 27.5. The Bertz CT molecular complexity index is 1420. The Labute approximate surface area is 419 Å². The van der Waals surface area contributed by atoms with E-state index in [0.717, 1.165) is 4.90 Å². The number of carbonyl (C=O) groups is 9. The molecule has 2 atom stereocenters. The van der Waals surface area contributed by atoms with E-state index in [1.807, 2.05) is 6.92 Å². The van der Waals surface area contributed by atoms with Crippen molar-refractivity contribution < 1.29 is 109 Å². The number of carboxylic acid groups (broad SMARTS) is 4. The molecule has 0 rings (SSSR count). The number of amides is 5. The van der Waals surface area contributed by atoms with Gasteiger partial charge in [0.1, 0.15) is 0 Å². The van der Waals surface area contributed by atoms with Crippen LogP contribution in [-0.2, 0) is 43.2 Å². The van der Waals surface area contributed by atoms with E-state index in [2.05, 4.69) is 26.6 Å². The summed E-state index contributed by atoms with van der Waals surface area (Å²) in [4.78, 5) is 110. The molecule has 1 radical (unpaired) electrons. The standard InChI is InChI=1S/C35H62N8O14S2.4CH4.Gd/c1-6-35(5,33(57)39-15-24(2)44)23-34(3,4)32(56)40-17-26(46)38-16-25(45)36-7-13-58-59-14-8-37-27(47)18-42(20-29(50)51)11-9-41(19-28(48)49)10-12-43(21-30(52)53)22-31(54)55;;;;;/h24,44H,6-23H2,1-5H3,(H,36,45)(H,37,47)(H,38,46)(H,39,57)(H,40,56)(H,48,49)(H,50,51)(H,52,53)(H,54,55);4*1H4;/q;;;;;+3/p-4. The maximum absolute atomic E-state index is 12.9. The van der Waals surface area contributed by atoms with Crippen LogP contribution in [0.3, 0.4) is 0 Å². The summed E-state index contributed by atoms with van der Waals surface area (Å²) in [6.07, 6.45) is -0.0919. The van der Waals surface area contributed by atoms with Gasteiger partial charge in [0.25, 0.3) is 0 Å². The molecule has 6 N–H and O–H groups in total. The number of nitrogens with zero attached hydrogens (tertiary/aromatic N) is 3. The second-order valence-corrected chi connectivity index (χ2v) is 17.2. The first-order valence-corrected chi connectivity index (χ1v) is 21.2. The fourth-order valence-corrected chi connectivity index (χ4v) is 7.23. The van der Waals surface area contributed by atoms with Gasteiger partial charge < -0.3 is 71.3 Å². The largest absolute Gasteiger partial charge is 3.00 e. The quantitative estimate of drug-likeness (QED) is 0.0259. The van der Waals surface area contributed by atoms with Gasteiger partial charge in [-0.1, -0.05) is 79.0 Å². The van der Waals surface area contributed by atoms with Gasteiger partial charge >= 0.3 is 39.9 Å². The minimum absolute atomic E-state index is 0. The number of rotatable bonds is 34. The molecule has 0 aliphatic rings. The number of carbonyl (C=O) groups excluding carboxylic acids is 9. The number of nitrogens with one attached hydrogen (secondary N) is 5. The van der Waals surface area contributed by atoms with Crippen molar-refractivity contribution in [3.8, 4) is 0 Å². The summed E-state index contributed by atoms with van der Waals surface area (Å²) in [7, 11) is 2.78. The Morgan fingerprint density at radius 3 is 1.36 bits per heavy atom. The van der Waals surface area contributed by atoms with E-state index in [-0.39, 0.29) is 147 Å². The summed E-state index contributed by atoms with van der Waals surface area (Å²) in [5.74, 6) is -7.46. The van der Waals surface area contributed by atoms with Crippen molar-refractivity contribution in [1.82, 2.24) is 41.3 Å². The molecule has 22 nitrogen and oxygen atoms in total. The van der Waals surface area contributed by atoms with Gasteiger partial charge in [-0.3, -0.25) is 38.7 Å². The van der Waals surface area contributed by atoms with Crippen molar-refractivity contribution in [2.45, 2.75) is 83.3 Å². The maximum atomic E-state index is 12.9. The number of aliphatic hydroxyl groups excluding tert-OH is 1. The van der Waals surface area contributed by atoms with Gasteiger partial charge in [0.05, 0.1) is 49.6 Å². The Kier molecular flexibility index (Phi) is 44.6. The van der Waals surface area contributed by atoms with Crippen LogP contribution >= 0.6 is 21.6 Å². The minimum Gasteiger partial charge on any atom is -0.549 e. The van der Waals surface area contributed by atoms with Gasteiger partial charge in [-0.2, -0.15) is 0 Å². The van der Waals surface area contributed by atoms with Crippen LogP contribution in [-0.4, -0.2) is 182 Å². The van der Waals surface area contributed by atoms with Crippen molar-refractivity contribution >= 4 is 75.0 Å². The minimum atomic E-state index is -1.56. The molecule has 0 saturated heterocycles. The van der Waals surface area contributed by atoms with Gasteiger partial charge in [0.2, 0.25) is 29.5 Å². The van der Waals surface area contributed by atoms with Crippen LogP contribution in [0.1, 0.15) is 77.2 Å². The number of aliphatic carboxylic acids is 4. The predicted molar refractivity (Wildman–Crippen MR) is 235 cm³/mol. The van der Waals surface area contributed by atoms with Gasteiger partial charge in [0.15, 0.2) is 0 Å². The van der Waals surface area contributed by atoms with Crippen LogP contribution in [0.25, 0.3) is 0 Å². The molecule has 0 fully saturated rings. The average molecular weight is 1100 g/mol. The molecule has 2 unspecified atom stereocenters. The van der Waals surface area contributed by atoms with Gasteiger partial charge in [0, 0.05) is 94.3 Å². The van der Waals surface area contributed by atoms with Crippen molar-refractivity contribution in [3.63, 3.8) is 0 Å². The fraction of sp³-hybridized carbons (Fsp3) is 0.769. The third-order valence-corrected chi connectivity index (χ3v) is 10.9. The zero-order valence-corrected chi connectivity index (χ0v) is 38.5. The molecule has 0 aromatic carbocycles. The van der Waals surface area contributed by atoms with E-state index in [4.69, 9.17) is 0 Å². The van der Waals surface area contributed by atoms with Crippen LogP contribution in [0.2, 0.25) is 0 Å². The number of carboxylic acids is 4. The SMILES string of the molecule is C.C.C.C.CCC(C)(CC(C)(C)C(=O)NCC(=O)NCC(=O)NCCSSCCNC(=O)CN(CCN(CCN(CC(=O)[O-])CC(=O)[O-])CC(=O)[O-])CC(=O)[O-])C(=O)NCC(C)O.[Gd+3]. The van der Waals surface area contributed by atoms with Crippen LogP contribution in [0, 0.1) is 50.8 Å². The van der Waals surface area contributed by atoms with Crippen molar-refractivity contribution in [3.05, 3.63) is 0 Å². The molecular formula is C39H74GdN8O14S2-. The van der Waals surface area contributed by atoms with Crippen molar-refractivity contribution in [2.75, 3.05) is 103 Å². The van der Waals surface area contributed by atoms with E-state index in [1.54, 1.807) is 27.7 Å². The normalized spacial score (nSPS) is 12.0. The van der Waals surface area contributed by atoms with Gasteiger partial charge in [-0.05, 0) is 19.8 Å².